The number of carbonyl (C=O) groups is 1. The van der Waals surface area contributed by atoms with Gasteiger partial charge in [-0.05, 0) is 48.9 Å². The van der Waals surface area contributed by atoms with Crippen LogP contribution in [0.3, 0.4) is 0 Å². The minimum Gasteiger partial charge on any atom is -0.497 e. The van der Waals surface area contributed by atoms with Crippen molar-refractivity contribution in [3.8, 4) is 5.75 Å². The summed E-state index contributed by atoms with van der Waals surface area (Å²) in [7, 11) is -2.26. The smallest absolute Gasteiger partial charge is 0.264 e. The van der Waals surface area contributed by atoms with E-state index in [4.69, 9.17) is 4.74 Å². The predicted molar refractivity (Wildman–Crippen MR) is 116 cm³/mol. The molecule has 4 rings (SSSR count). The topological polar surface area (TPSA) is 63.7 Å². The average molecular weight is 420 g/mol. The lowest BCUT2D eigenvalue weighted by molar-refractivity contribution is 0.104. The van der Waals surface area contributed by atoms with Gasteiger partial charge in [-0.1, -0.05) is 42.0 Å². The molecule has 1 aliphatic rings. The van der Waals surface area contributed by atoms with Gasteiger partial charge in [0.2, 0.25) is 0 Å². The number of aryl methyl sites for hydroxylation is 1. The van der Waals surface area contributed by atoms with Crippen molar-refractivity contribution in [3.63, 3.8) is 0 Å². The minimum atomic E-state index is -3.82. The highest BCUT2D eigenvalue weighted by atomic mass is 32.2. The molecule has 3 aromatic carbocycles. The Kier molecular flexibility index (Phi) is 5.18. The second-order valence-electron chi connectivity index (χ2n) is 7.10. The first kappa shape index (κ1) is 19.9. The van der Waals surface area contributed by atoms with E-state index in [1.807, 2.05) is 31.2 Å². The predicted octanol–water partition coefficient (Wildman–Crippen LogP) is 4.43. The summed E-state index contributed by atoms with van der Waals surface area (Å²) in [5.74, 6) is 0.377. The SMILES string of the molecule is COc1ccc(C(=O)/C=C2\c3ccccc3CN2S(=O)(=O)c2ccc(C)cc2)cc1. The molecule has 0 spiro atoms. The molecule has 152 valence electrons. The van der Waals surface area contributed by atoms with Crippen molar-refractivity contribution in [1.82, 2.24) is 4.31 Å². The summed E-state index contributed by atoms with van der Waals surface area (Å²) >= 11 is 0. The van der Waals surface area contributed by atoms with Gasteiger partial charge in [0.05, 0.1) is 24.2 Å². The Morgan fingerprint density at radius 3 is 2.30 bits per heavy atom. The van der Waals surface area contributed by atoms with Crippen LogP contribution < -0.4 is 4.74 Å². The van der Waals surface area contributed by atoms with Crippen LogP contribution in [-0.4, -0.2) is 25.6 Å². The lowest BCUT2D eigenvalue weighted by Crippen LogP contribution is -2.25. The first-order chi connectivity index (χ1) is 14.4. The third-order valence-corrected chi connectivity index (χ3v) is 6.90. The molecule has 0 aromatic heterocycles. The van der Waals surface area contributed by atoms with Crippen LogP contribution in [-0.2, 0) is 16.6 Å². The van der Waals surface area contributed by atoms with E-state index in [0.717, 1.165) is 16.7 Å². The first-order valence-electron chi connectivity index (χ1n) is 9.48. The molecule has 5 nitrogen and oxygen atoms in total. The van der Waals surface area contributed by atoms with E-state index in [1.165, 1.54) is 10.4 Å². The molecule has 0 atom stereocenters. The highest BCUT2D eigenvalue weighted by Crippen LogP contribution is 2.37. The molecule has 3 aromatic rings. The third kappa shape index (κ3) is 3.62. The summed E-state index contributed by atoms with van der Waals surface area (Å²) in [6.07, 6.45) is 1.40. The van der Waals surface area contributed by atoms with Crippen LogP contribution in [0.15, 0.2) is 83.8 Å². The van der Waals surface area contributed by atoms with Gasteiger partial charge >= 0.3 is 0 Å². The molecule has 0 saturated heterocycles. The van der Waals surface area contributed by atoms with Crippen molar-refractivity contribution in [2.75, 3.05) is 7.11 Å². The monoisotopic (exact) mass is 419 g/mol. The van der Waals surface area contributed by atoms with E-state index in [2.05, 4.69) is 0 Å². The van der Waals surface area contributed by atoms with Gasteiger partial charge in [0.15, 0.2) is 5.78 Å². The number of nitrogens with zero attached hydrogens (tertiary/aromatic N) is 1. The highest BCUT2D eigenvalue weighted by molar-refractivity contribution is 7.89. The zero-order chi connectivity index (χ0) is 21.3. The second-order valence-corrected chi connectivity index (χ2v) is 8.97. The zero-order valence-corrected chi connectivity index (χ0v) is 17.5. The maximum Gasteiger partial charge on any atom is 0.264 e. The summed E-state index contributed by atoms with van der Waals surface area (Å²) < 4.78 is 33.2. The molecule has 30 heavy (non-hydrogen) atoms. The van der Waals surface area contributed by atoms with Crippen LogP contribution >= 0.6 is 0 Å². The van der Waals surface area contributed by atoms with Crippen molar-refractivity contribution in [2.24, 2.45) is 0 Å². The van der Waals surface area contributed by atoms with E-state index in [1.54, 1.807) is 55.6 Å². The van der Waals surface area contributed by atoms with Crippen LogP contribution in [0.25, 0.3) is 5.70 Å². The first-order valence-corrected chi connectivity index (χ1v) is 10.9. The Morgan fingerprint density at radius 2 is 1.63 bits per heavy atom. The number of carbonyl (C=O) groups excluding carboxylic acids is 1. The molecule has 1 aliphatic heterocycles. The standard InChI is InChI=1S/C24H21NO4S/c1-17-7-13-21(14-8-17)30(27,28)25-16-19-5-3-4-6-22(19)23(25)15-24(26)18-9-11-20(29-2)12-10-18/h3-15H,16H2,1-2H3/b23-15+. The largest absolute Gasteiger partial charge is 0.497 e. The fourth-order valence-electron chi connectivity index (χ4n) is 3.45. The van der Waals surface area contributed by atoms with Crippen LogP contribution in [0.5, 0.6) is 5.75 Å². The van der Waals surface area contributed by atoms with E-state index in [0.29, 0.717) is 17.0 Å². The number of rotatable bonds is 5. The van der Waals surface area contributed by atoms with Crippen molar-refractivity contribution < 1.29 is 17.9 Å². The van der Waals surface area contributed by atoms with E-state index < -0.39 is 10.0 Å². The summed E-state index contributed by atoms with van der Waals surface area (Å²) in [5, 5.41) is 0. The van der Waals surface area contributed by atoms with Crippen LogP contribution in [0.1, 0.15) is 27.0 Å². The van der Waals surface area contributed by atoms with Gasteiger partial charge in [-0.2, -0.15) is 0 Å². The van der Waals surface area contributed by atoms with Gasteiger partial charge in [-0.3, -0.25) is 9.10 Å². The Labute approximate surface area is 176 Å². The van der Waals surface area contributed by atoms with Gasteiger partial charge in [0.25, 0.3) is 10.0 Å². The third-order valence-electron chi connectivity index (χ3n) is 5.13. The van der Waals surface area contributed by atoms with Gasteiger partial charge in [-0.15, -0.1) is 0 Å². The number of fused-ring (bicyclic) bond motifs is 1. The van der Waals surface area contributed by atoms with Crippen LogP contribution in [0.4, 0.5) is 0 Å². The number of allylic oxidation sites excluding steroid dienone is 1. The van der Waals surface area contributed by atoms with E-state index >= 15 is 0 Å². The van der Waals surface area contributed by atoms with Crippen molar-refractivity contribution in [2.45, 2.75) is 18.4 Å². The zero-order valence-electron chi connectivity index (χ0n) is 16.7. The fraction of sp³-hybridized carbons (Fsp3) is 0.125. The van der Waals surface area contributed by atoms with Crippen LogP contribution in [0.2, 0.25) is 0 Å². The normalized spacial score (nSPS) is 14.6. The molecule has 0 radical (unpaired) electrons. The number of hydrogen-bond acceptors (Lipinski definition) is 4. The number of sulfonamides is 1. The van der Waals surface area contributed by atoms with Gasteiger partial charge in [0, 0.05) is 17.2 Å². The van der Waals surface area contributed by atoms with Gasteiger partial charge < -0.3 is 4.74 Å². The molecule has 0 fully saturated rings. The number of ether oxygens (including phenoxy) is 1. The number of hydrogen-bond donors (Lipinski definition) is 0. The molecule has 0 bridgehead atoms. The lowest BCUT2D eigenvalue weighted by atomic mass is 10.1. The molecular formula is C24H21NO4S. The molecule has 0 amide bonds. The molecule has 0 saturated carbocycles. The molecule has 1 heterocycles. The minimum absolute atomic E-state index is 0.189. The maximum absolute atomic E-state index is 13.4. The summed E-state index contributed by atoms with van der Waals surface area (Å²) in [5.41, 5.74) is 3.42. The Balaban J connectivity index is 1.78. The van der Waals surface area contributed by atoms with Gasteiger partial charge in [-0.25, -0.2) is 8.42 Å². The summed E-state index contributed by atoms with van der Waals surface area (Å²) in [6, 6.07) is 20.9. The number of ketones is 1. The fourth-order valence-corrected chi connectivity index (χ4v) is 4.90. The Hall–Kier alpha value is -3.38. The summed E-state index contributed by atoms with van der Waals surface area (Å²) in [6.45, 7) is 2.09. The van der Waals surface area contributed by atoms with Crippen LogP contribution in [0, 0.1) is 6.92 Å². The molecule has 0 unspecified atom stereocenters. The molecule has 0 aliphatic carbocycles. The lowest BCUT2D eigenvalue weighted by Gasteiger charge is -2.20. The van der Waals surface area contributed by atoms with Crippen molar-refractivity contribution in [3.05, 3.63) is 101 Å². The summed E-state index contributed by atoms with van der Waals surface area (Å²) in [4.78, 5) is 13.1. The maximum atomic E-state index is 13.4. The number of methoxy groups -OCH3 is 1. The Morgan fingerprint density at radius 1 is 0.967 bits per heavy atom. The average Bonchev–Trinajstić information content (AvgIpc) is 3.13. The van der Waals surface area contributed by atoms with E-state index in [-0.39, 0.29) is 17.2 Å². The van der Waals surface area contributed by atoms with Crippen molar-refractivity contribution >= 4 is 21.5 Å². The number of benzene rings is 3. The molecular weight excluding hydrogens is 398 g/mol. The highest BCUT2D eigenvalue weighted by Gasteiger charge is 2.34. The second kappa shape index (κ2) is 7.80. The molecule has 6 heteroatoms. The quantitative estimate of drug-likeness (QED) is 0.453. The van der Waals surface area contributed by atoms with Gasteiger partial charge in [0.1, 0.15) is 5.75 Å². The van der Waals surface area contributed by atoms with Crippen molar-refractivity contribution in [1.29, 1.82) is 0 Å². The van der Waals surface area contributed by atoms with E-state index in [9.17, 15) is 13.2 Å². The Bertz CT molecular complexity index is 1230. The molecule has 0 N–H and O–H groups in total.